The van der Waals surface area contributed by atoms with E-state index in [-0.39, 0.29) is 47.6 Å². The smallest absolute Gasteiger partial charge is 0.412 e. The standard InChI is InChI=1S/C47H51N5O15S2/c1-22(2)19-52-21-48-37-38(52)24-8-5-6-10-27(24)49-44(37)51-46(61)65-13-15-69-68-14-12-64-45(60)50-28-16-32(66-23(3)39(28)55)67-30-18-47(62,31(54)20-53)17-26-34(30)43(59)36-35(41(26)57)40(56)25-9-7-11-29(63-4)33(25)42(36)58/h5-11,21-23,28,30,32,39,53,55,57,59,62H,12-20H2,1-4H3,(H,50,60)(H,49,51,61)/t23?,28?,30-,32?,39?,47-/m0/s1. The van der Waals surface area contributed by atoms with E-state index in [4.69, 9.17) is 23.7 Å². The molecule has 6 atom stereocenters. The SMILES string of the molecule is COc1cccc2c1C(=O)c1c(O)c3c(c(O)c1C2=O)C[C@@](O)(C(=O)CO)C[C@@H]3OC1CC(NC(=O)OCCSSCCOC(=O)Nc2nc3ccccc3c3c2ncn3CC(C)C)C(O)C(C)O1. The number of aliphatic hydroxyl groups excluding tert-OH is 2. The molecule has 0 bridgehead atoms. The minimum atomic E-state index is -2.37. The number of methoxy groups -OCH3 is 1. The first-order valence-corrected chi connectivity index (χ1v) is 24.6. The lowest BCUT2D eigenvalue weighted by atomic mass is 9.72. The Kier molecular flexibility index (Phi) is 14.7. The Bertz CT molecular complexity index is 2840. The highest BCUT2D eigenvalue weighted by molar-refractivity contribution is 8.76. The van der Waals surface area contributed by atoms with Crippen molar-refractivity contribution in [3.05, 3.63) is 82.2 Å². The maximum absolute atomic E-state index is 14.0. The fourth-order valence-corrected chi connectivity index (χ4v) is 10.7. The Hall–Kier alpha value is -6.01. The second-order valence-corrected chi connectivity index (χ2v) is 20.0. The Morgan fingerprint density at radius 3 is 2.39 bits per heavy atom. The van der Waals surface area contributed by atoms with Gasteiger partial charge in [0.2, 0.25) is 5.78 Å². The number of aromatic nitrogens is 3. The zero-order chi connectivity index (χ0) is 49.3. The van der Waals surface area contributed by atoms with Crippen LogP contribution in [-0.2, 0) is 36.7 Å². The first-order valence-electron chi connectivity index (χ1n) is 22.1. The zero-order valence-corrected chi connectivity index (χ0v) is 39.6. The first-order chi connectivity index (χ1) is 33.0. The highest BCUT2D eigenvalue weighted by Gasteiger charge is 2.50. The number of hydrogen-bond donors (Lipinski definition) is 7. The van der Waals surface area contributed by atoms with E-state index in [0.29, 0.717) is 34.3 Å². The van der Waals surface area contributed by atoms with Gasteiger partial charge >= 0.3 is 12.2 Å². The van der Waals surface area contributed by atoms with E-state index in [1.54, 1.807) is 6.33 Å². The van der Waals surface area contributed by atoms with Crippen molar-refractivity contribution < 1.29 is 73.2 Å². The lowest BCUT2D eigenvalue weighted by Gasteiger charge is -2.42. The number of rotatable bonds is 16. The number of nitrogens with zero attached hydrogens (tertiary/aromatic N) is 3. The maximum atomic E-state index is 14.0. The summed E-state index contributed by atoms with van der Waals surface area (Å²) in [6, 6.07) is 10.9. The molecule has 1 aliphatic heterocycles. The van der Waals surface area contributed by atoms with Gasteiger partial charge in [-0.05, 0) is 25.0 Å². The van der Waals surface area contributed by atoms with Gasteiger partial charge in [-0.25, -0.2) is 19.6 Å². The molecule has 5 aromatic rings. The van der Waals surface area contributed by atoms with E-state index in [2.05, 4.69) is 39.0 Å². The topological polar surface area (TPSA) is 287 Å². The Morgan fingerprint density at radius 1 is 0.971 bits per heavy atom. The average Bonchev–Trinajstić information content (AvgIpc) is 3.74. The molecule has 3 aromatic carbocycles. The van der Waals surface area contributed by atoms with Crippen molar-refractivity contribution in [2.45, 2.75) is 82.8 Å². The highest BCUT2D eigenvalue weighted by Crippen LogP contribution is 2.52. The summed E-state index contributed by atoms with van der Waals surface area (Å²) in [5, 5.41) is 62.1. The highest BCUT2D eigenvalue weighted by atomic mass is 33.1. The predicted octanol–water partition coefficient (Wildman–Crippen LogP) is 4.95. The number of phenols is 2. The molecule has 20 nitrogen and oxygen atoms in total. The Morgan fingerprint density at radius 2 is 1.68 bits per heavy atom. The van der Waals surface area contributed by atoms with Crippen LogP contribution < -0.4 is 15.4 Å². The van der Waals surface area contributed by atoms with E-state index in [1.165, 1.54) is 53.8 Å². The molecule has 0 spiro atoms. The van der Waals surface area contributed by atoms with Gasteiger partial charge in [0.05, 0.1) is 59.4 Å². The van der Waals surface area contributed by atoms with Gasteiger partial charge < -0.3 is 59.1 Å². The summed E-state index contributed by atoms with van der Waals surface area (Å²) < 4.78 is 30.3. The minimum Gasteiger partial charge on any atom is -0.507 e. The molecule has 1 fully saturated rings. The number of ketones is 3. The van der Waals surface area contributed by atoms with Crippen molar-refractivity contribution in [3.63, 3.8) is 0 Å². The first kappa shape index (κ1) is 49.4. The van der Waals surface area contributed by atoms with Gasteiger partial charge in [-0.3, -0.25) is 19.7 Å². The summed E-state index contributed by atoms with van der Waals surface area (Å²) in [7, 11) is 4.07. The predicted molar refractivity (Wildman–Crippen MR) is 252 cm³/mol. The number of carbonyl (C=O) groups excluding carboxylic acids is 5. The molecule has 8 rings (SSSR count). The van der Waals surface area contributed by atoms with Crippen LogP contribution in [0.3, 0.4) is 0 Å². The number of benzene rings is 3. The van der Waals surface area contributed by atoms with Gasteiger partial charge in [0.25, 0.3) is 0 Å². The third-order valence-electron chi connectivity index (χ3n) is 12.2. The van der Waals surface area contributed by atoms with Crippen molar-refractivity contribution >= 4 is 78.9 Å². The molecule has 2 aromatic heterocycles. The second kappa shape index (κ2) is 20.5. The number of hydrogen-bond acceptors (Lipinski definition) is 19. The van der Waals surface area contributed by atoms with Crippen LogP contribution in [0.2, 0.25) is 0 Å². The number of imidazole rings is 1. The van der Waals surface area contributed by atoms with Crippen LogP contribution in [0.1, 0.15) is 82.7 Å². The number of amides is 2. The van der Waals surface area contributed by atoms with Gasteiger partial charge in [0.15, 0.2) is 23.7 Å². The maximum Gasteiger partial charge on any atom is 0.412 e. The van der Waals surface area contributed by atoms with E-state index in [9.17, 15) is 49.5 Å². The van der Waals surface area contributed by atoms with E-state index in [0.717, 1.165) is 17.4 Å². The number of anilines is 1. The average molecular weight is 990 g/mol. The summed E-state index contributed by atoms with van der Waals surface area (Å²) in [4.78, 5) is 75.7. The molecule has 3 heterocycles. The number of phenolic OH excluding ortho intramolecular Hbond substituents is 2. The monoisotopic (exact) mass is 989 g/mol. The van der Waals surface area contributed by atoms with Crippen molar-refractivity contribution in [2.75, 3.05) is 43.8 Å². The third-order valence-corrected chi connectivity index (χ3v) is 14.5. The lowest BCUT2D eigenvalue weighted by Crippen LogP contribution is -2.56. The van der Waals surface area contributed by atoms with Gasteiger partial charge in [-0.2, -0.15) is 0 Å². The molecule has 22 heteroatoms. The third kappa shape index (κ3) is 9.79. The summed E-state index contributed by atoms with van der Waals surface area (Å²) in [5.74, 6) is -2.69. The molecule has 0 saturated carbocycles. The molecule has 2 aliphatic carbocycles. The molecule has 7 N–H and O–H groups in total. The zero-order valence-electron chi connectivity index (χ0n) is 37.9. The molecule has 2 amide bonds. The van der Waals surface area contributed by atoms with Crippen molar-refractivity contribution in [2.24, 2.45) is 5.92 Å². The molecule has 1 saturated heterocycles. The number of nitrogens with one attached hydrogen (secondary N) is 2. The normalized spacial score (nSPS) is 21.9. The van der Waals surface area contributed by atoms with Crippen LogP contribution in [0.4, 0.5) is 15.4 Å². The number of fused-ring (bicyclic) bond motifs is 6. The minimum absolute atomic E-state index is 0.0201. The van der Waals surface area contributed by atoms with Crippen molar-refractivity contribution in [1.29, 1.82) is 0 Å². The molecular formula is C47H51N5O15S2. The quantitative estimate of drug-likeness (QED) is 0.0383. The van der Waals surface area contributed by atoms with Crippen molar-refractivity contribution in [1.82, 2.24) is 19.9 Å². The van der Waals surface area contributed by atoms with E-state index < -0.39 is 108 Å². The van der Waals surface area contributed by atoms with Crippen LogP contribution in [0, 0.1) is 5.92 Å². The van der Waals surface area contributed by atoms with Crippen LogP contribution in [0.15, 0.2) is 48.8 Å². The fourth-order valence-electron chi connectivity index (χ4n) is 9.04. The van der Waals surface area contributed by atoms with Gasteiger partial charge in [-0.1, -0.05) is 65.8 Å². The van der Waals surface area contributed by atoms with Crippen LogP contribution in [0.25, 0.3) is 21.9 Å². The number of Topliss-reactive ketones (excluding diaryl/α,β-unsaturated/α-hetero) is 1. The van der Waals surface area contributed by atoms with Crippen LogP contribution >= 0.6 is 21.6 Å². The fraction of sp³-hybridized carbons (Fsp3) is 0.426. The number of ether oxygens (including phenoxy) is 5. The number of para-hydroxylation sites is 1. The Balaban J connectivity index is 0.849. The summed E-state index contributed by atoms with van der Waals surface area (Å²) in [6.07, 6.45) is -6.25. The number of carbonyl (C=O) groups is 5. The van der Waals surface area contributed by atoms with Gasteiger partial charge in [0.1, 0.15) is 54.3 Å². The molecule has 4 unspecified atom stereocenters. The van der Waals surface area contributed by atoms with Crippen LogP contribution in [-0.4, -0.2) is 138 Å². The number of alkyl carbamates (subject to hydrolysis) is 1. The molecule has 366 valence electrons. The van der Waals surface area contributed by atoms with E-state index in [1.807, 2.05) is 24.3 Å². The number of aliphatic hydroxyl groups is 3. The van der Waals surface area contributed by atoms with Gasteiger partial charge in [0, 0.05) is 59.4 Å². The number of aromatic hydroxyl groups is 2. The van der Waals surface area contributed by atoms with Gasteiger partial charge in [-0.15, -0.1) is 0 Å². The lowest BCUT2D eigenvalue weighted by molar-refractivity contribution is -0.249. The molecule has 69 heavy (non-hydrogen) atoms. The van der Waals surface area contributed by atoms with E-state index >= 15 is 0 Å². The summed E-state index contributed by atoms with van der Waals surface area (Å²) in [5.41, 5.74) is -2.02. The van der Waals surface area contributed by atoms with Crippen molar-refractivity contribution in [3.8, 4) is 17.2 Å². The molecular weight excluding hydrogens is 939 g/mol. The summed E-state index contributed by atoms with van der Waals surface area (Å²) >= 11 is 0. The molecule has 3 aliphatic rings. The van der Waals surface area contributed by atoms with Crippen LogP contribution in [0.5, 0.6) is 17.2 Å². The number of pyridine rings is 1. The Labute approximate surface area is 402 Å². The largest absolute Gasteiger partial charge is 0.507 e. The second-order valence-electron chi connectivity index (χ2n) is 17.3. The molecule has 0 radical (unpaired) electrons. The summed E-state index contributed by atoms with van der Waals surface area (Å²) in [6.45, 7) is 5.45.